The molecule has 0 saturated carbocycles. The lowest BCUT2D eigenvalue weighted by molar-refractivity contribution is 0.372. The van der Waals surface area contributed by atoms with Crippen LogP contribution in [0.3, 0.4) is 0 Å². The number of nitrogens with one attached hydrogen (secondary N) is 1. The number of benzene rings is 1. The molecule has 11 heteroatoms. The van der Waals surface area contributed by atoms with E-state index in [9.17, 15) is 8.42 Å². The topological polar surface area (TPSA) is 142 Å². The third kappa shape index (κ3) is 4.07. The van der Waals surface area contributed by atoms with Crippen LogP contribution in [-0.4, -0.2) is 37.7 Å². The highest BCUT2D eigenvalue weighted by molar-refractivity contribution is 7.89. The number of thiocarbonyl (C=S) groups is 1. The Morgan fingerprint density at radius 1 is 1.17 bits per heavy atom. The van der Waals surface area contributed by atoms with Crippen LogP contribution in [-0.2, 0) is 10.0 Å². The molecule has 0 unspecified atom stereocenters. The molecule has 2 rings (SSSR count). The van der Waals surface area contributed by atoms with Crippen LogP contribution >= 0.6 is 12.2 Å². The van der Waals surface area contributed by atoms with Gasteiger partial charge < -0.3 is 20.5 Å². The third-order valence-electron chi connectivity index (χ3n) is 2.89. The molecule has 9 nitrogen and oxygen atoms in total. The number of sulfonamides is 1. The number of ether oxygens (including phenoxy) is 2. The third-order valence-corrected chi connectivity index (χ3v) is 3.96. The Hall–Kier alpha value is -2.50. The molecule has 0 atom stereocenters. The zero-order valence-electron chi connectivity index (χ0n) is 12.8. The maximum Gasteiger partial charge on any atom is 0.238 e. The number of nitrogens with zero attached hydrogens (tertiary/aromatic N) is 2. The minimum absolute atomic E-state index is 0.0217. The van der Waals surface area contributed by atoms with Gasteiger partial charge in [-0.25, -0.2) is 13.6 Å². The lowest BCUT2D eigenvalue weighted by atomic mass is 10.2. The van der Waals surface area contributed by atoms with Crippen molar-refractivity contribution in [3.63, 3.8) is 0 Å². The van der Waals surface area contributed by atoms with Crippen molar-refractivity contribution in [3.8, 4) is 23.1 Å². The Labute approximate surface area is 144 Å². The van der Waals surface area contributed by atoms with E-state index < -0.39 is 10.0 Å². The molecule has 0 aliphatic carbocycles. The lowest BCUT2D eigenvalue weighted by Gasteiger charge is -2.12. The van der Waals surface area contributed by atoms with Crippen molar-refractivity contribution < 1.29 is 17.9 Å². The van der Waals surface area contributed by atoms with Crippen LogP contribution in [0.2, 0.25) is 0 Å². The standard InChI is InChI=1S/C13H15N5O4S2/c1-21-10-6-11(22-2)18-12(17-10)8-5-7(16-13(14)23)3-4-9(8)24(15,19)20/h3-6H,1-2H3,(H3,14,16,23)(H2,15,19,20). The van der Waals surface area contributed by atoms with E-state index in [1.165, 1.54) is 38.5 Å². The molecule has 5 N–H and O–H groups in total. The number of hydrogen-bond acceptors (Lipinski definition) is 7. The molecule has 0 saturated heterocycles. The molecule has 1 heterocycles. The maximum absolute atomic E-state index is 11.9. The highest BCUT2D eigenvalue weighted by Crippen LogP contribution is 2.30. The molecule has 2 aromatic rings. The van der Waals surface area contributed by atoms with Gasteiger partial charge in [-0.15, -0.1) is 0 Å². The fourth-order valence-corrected chi connectivity index (χ4v) is 2.74. The van der Waals surface area contributed by atoms with Gasteiger partial charge in [-0.2, -0.15) is 9.97 Å². The summed E-state index contributed by atoms with van der Waals surface area (Å²) in [5.41, 5.74) is 6.04. The number of nitrogens with two attached hydrogens (primary N) is 2. The van der Waals surface area contributed by atoms with Crippen LogP contribution in [0.25, 0.3) is 11.4 Å². The van der Waals surface area contributed by atoms with E-state index in [1.54, 1.807) is 0 Å². The second-order valence-electron chi connectivity index (χ2n) is 4.52. The number of rotatable bonds is 5. The summed E-state index contributed by atoms with van der Waals surface area (Å²) in [6.45, 7) is 0. The van der Waals surface area contributed by atoms with Crippen LogP contribution in [0.15, 0.2) is 29.2 Å². The molecule has 0 spiro atoms. The van der Waals surface area contributed by atoms with Crippen molar-refractivity contribution in [2.45, 2.75) is 4.90 Å². The normalized spacial score (nSPS) is 11.0. The van der Waals surface area contributed by atoms with Crippen molar-refractivity contribution in [3.05, 3.63) is 24.3 Å². The zero-order valence-corrected chi connectivity index (χ0v) is 14.4. The summed E-state index contributed by atoms with van der Waals surface area (Å²) in [7, 11) is -1.19. The maximum atomic E-state index is 11.9. The van der Waals surface area contributed by atoms with E-state index in [-0.39, 0.29) is 33.2 Å². The first kappa shape index (κ1) is 17.8. The van der Waals surface area contributed by atoms with Crippen LogP contribution in [0.4, 0.5) is 5.69 Å². The van der Waals surface area contributed by atoms with Crippen LogP contribution < -0.4 is 25.7 Å². The second kappa shape index (κ2) is 6.95. The Balaban J connectivity index is 2.72. The molecule has 128 valence electrons. The number of methoxy groups -OCH3 is 2. The van der Waals surface area contributed by atoms with Crippen molar-refractivity contribution in [2.24, 2.45) is 10.9 Å². The average Bonchev–Trinajstić information content (AvgIpc) is 2.52. The minimum Gasteiger partial charge on any atom is -0.481 e. The quantitative estimate of drug-likeness (QED) is 0.641. The number of primary sulfonamides is 1. The van der Waals surface area contributed by atoms with Gasteiger partial charge in [-0.05, 0) is 30.4 Å². The van der Waals surface area contributed by atoms with Crippen molar-refractivity contribution >= 4 is 33.0 Å². The van der Waals surface area contributed by atoms with Crippen molar-refractivity contribution in [1.29, 1.82) is 0 Å². The molecule has 0 fully saturated rings. The summed E-state index contributed by atoms with van der Waals surface area (Å²) >= 11 is 4.78. The van der Waals surface area contributed by atoms with E-state index >= 15 is 0 Å². The largest absolute Gasteiger partial charge is 0.481 e. The van der Waals surface area contributed by atoms with Crippen molar-refractivity contribution in [2.75, 3.05) is 19.5 Å². The van der Waals surface area contributed by atoms with E-state index in [4.69, 9.17) is 32.6 Å². The smallest absolute Gasteiger partial charge is 0.238 e. The summed E-state index contributed by atoms with van der Waals surface area (Å²) in [5, 5.41) is 8.00. The minimum atomic E-state index is -4.02. The molecule has 24 heavy (non-hydrogen) atoms. The first-order chi connectivity index (χ1) is 11.2. The van der Waals surface area contributed by atoms with Gasteiger partial charge in [-0.3, -0.25) is 0 Å². The predicted octanol–water partition coefficient (Wildman–Crippen LogP) is 0.464. The van der Waals surface area contributed by atoms with Gasteiger partial charge in [0.25, 0.3) is 0 Å². The average molecular weight is 369 g/mol. The first-order valence-corrected chi connectivity index (χ1v) is 8.41. The molecule has 0 amide bonds. The summed E-state index contributed by atoms with van der Waals surface area (Å²) in [6.07, 6.45) is 0. The number of anilines is 1. The second-order valence-corrected chi connectivity index (χ2v) is 6.49. The fraction of sp³-hybridized carbons (Fsp3) is 0.154. The number of hydrogen-bond donors (Lipinski definition) is 3. The predicted molar refractivity (Wildman–Crippen MR) is 92.4 cm³/mol. The molecular formula is C13H15N5O4S2. The molecule has 0 aliphatic rings. The van der Waals surface area contributed by atoms with Gasteiger partial charge in [0.2, 0.25) is 21.8 Å². The molecule has 0 bridgehead atoms. The molecule has 0 aliphatic heterocycles. The summed E-state index contributed by atoms with van der Waals surface area (Å²) in [5.74, 6) is 0.455. The van der Waals surface area contributed by atoms with Crippen molar-refractivity contribution in [1.82, 2.24) is 9.97 Å². The SMILES string of the molecule is COc1cc(OC)nc(-c2cc(NC(N)=S)ccc2S(N)(=O)=O)n1. The van der Waals surface area contributed by atoms with E-state index in [1.807, 2.05) is 0 Å². The molecule has 1 aromatic heterocycles. The Bertz CT molecular complexity index is 864. The van der Waals surface area contributed by atoms with Gasteiger partial charge in [0.1, 0.15) is 0 Å². The lowest BCUT2D eigenvalue weighted by Crippen LogP contribution is -2.19. The highest BCUT2D eigenvalue weighted by atomic mass is 32.2. The van der Waals surface area contributed by atoms with Gasteiger partial charge in [-0.1, -0.05) is 0 Å². The van der Waals surface area contributed by atoms with Gasteiger partial charge in [0.05, 0.1) is 25.2 Å². The summed E-state index contributed by atoms with van der Waals surface area (Å²) < 4.78 is 33.9. The van der Waals surface area contributed by atoms with E-state index in [0.717, 1.165) is 0 Å². The summed E-state index contributed by atoms with van der Waals surface area (Å²) in [6, 6.07) is 5.70. The highest BCUT2D eigenvalue weighted by Gasteiger charge is 2.19. The van der Waals surface area contributed by atoms with Gasteiger partial charge >= 0.3 is 0 Å². The van der Waals surface area contributed by atoms with E-state index in [0.29, 0.717) is 5.69 Å². The number of aromatic nitrogens is 2. The van der Waals surface area contributed by atoms with Gasteiger partial charge in [0.15, 0.2) is 10.9 Å². The van der Waals surface area contributed by atoms with Crippen LogP contribution in [0.1, 0.15) is 0 Å². The van der Waals surface area contributed by atoms with E-state index in [2.05, 4.69) is 15.3 Å². The Morgan fingerprint density at radius 2 is 1.75 bits per heavy atom. The fourth-order valence-electron chi connectivity index (χ4n) is 1.91. The summed E-state index contributed by atoms with van der Waals surface area (Å²) in [4.78, 5) is 8.12. The molecule has 0 radical (unpaired) electrons. The van der Waals surface area contributed by atoms with Crippen LogP contribution in [0.5, 0.6) is 11.8 Å². The monoisotopic (exact) mass is 369 g/mol. The Morgan fingerprint density at radius 3 is 2.21 bits per heavy atom. The Kier molecular flexibility index (Phi) is 5.17. The molecular weight excluding hydrogens is 354 g/mol. The zero-order chi connectivity index (χ0) is 17.9. The molecule has 1 aromatic carbocycles. The van der Waals surface area contributed by atoms with Crippen LogP contribution in [0, 0.1) is 0 Å². The van der Waals surface area contributed by atoms with Gasteiger partial charge in [0, 0.05) is 11.3 Å². The first-order valence-electron chi connectivity index (χ1n) is 6.45.